The highest BCUT2D eigenvalue weighted by Crippen LogP contribution is 2.27. The molecule has 1 aromatic carbocycles. The molecule has 0 bridgehead atoms. The van der Waals surface area contributed by atoms with E-state index in [2.05, 4.69) is 25.8 Å². The molecule has 0 saturated carbocycles. The number of ether oxygens (including phenoxy) is 1. The fourth-order valence-corrected chi connectivity index (χ4v) is 4.14. The van der Waals surface area contributed by atoms with Crippen LogP contribution in [-0.2, 0) is 14.3 Å². The van der Waals surface area contributed by atoms with Crippen LogP contribution >= 0.6 is 23.1 Å². The second kappa shape index (κ2) is 9.68. The Morgan fingerprint density at radius 3 is 2.73 bits per heavy atom. The molecular weight excluding hydrogens is 422 g/mol. The average molecular weight is 444 g/mol. The van der Waals surface area contributed by atoms with E-state index in [-0.39, 0.29) is 11.5 Å². The maximum absolute atomic E-state index is 11.9. The lowest BCUT2D eigenvalue weighted by atomic mass is 10.2. The summed E-state index contributed by atoms with van der Waals surface area (Å²) in [4.78, 5) is 29.1. The van der Waals surface area contributed by atoms with Gasteiger partial charge in [0, 0.05) is 11.8 Å². The average Bonchev–Trinajstić information content (AvgIpc) is 3.24. The SMILES string of the molecule is CCOC(=O)/C=C1/S/C(=N\N=C(/C)c2sc(Nc3ccc(C)cc3)nc2C)NC1=O. The van der Waals surface area contributed by atoms with E-state index in [0.29, 0.717) is 10.9 Å². The zero-order valence-corrected chi connectivity index (χ0v) is 18.6. The molecule has 0 unspecified atom stereocenters. The van der Waals surface area contributed by atoms with Crippen LogP contribution in [0.4, 0.5) is 10.8 Å². The number of carbonyl (C=O) groups excluding carboxylic acids is 2. The summed E-state index contributed by atoms with van der Waals surface area (Å²) >= 11 is 2.52. The van der Waals surface area contributed by atoms with Crippen molar-refractivity contribution in [1.29, 1.82) is 0 Å². The minimum Gasteiger partial charge on any atom is -0.463 e. The molecule has 8 nitrogen and oxygen atoms in total. The summed E-state index contributed by atoms with van der Waals surface area (Å²) in [6, 6.07) is 8.07. The maximum atomic E-state index is 11.9. The lowest BCUT2D eigenvalue weighted by Gasteiger charge is -2.02. The van der Waals surface area contributed by atoms with E-state index in [1.54, 1.807) is 6.92 Å². The summed E-state index contributed by atoms with van der Waals surface area (Å²) in [5.74, 6) is -0.969. The number of hydrogen-bond donors (Lipinski definition) is 2. The molecule has 2 aromatic rings. The van der Waals surface area contributed by atoms with Gasteiger partial charge in [-0.2, -0.15) is 5.10 Å². The third kappa shape index (κ3) is 5.55. The van der Waals surface area contributed by atoms with Gasteiger partial charge in [-0.3, -0.25) is 10.1 Å². The first-order valence-electron chi connectivity index (χ1n) is 9.17. The van der Waals surface area contributed by atoms with Crippen LogP contribution in [0.2, 0.25) is 0 Å². The van der Waals surface area contributed by atoms with E-state index < -0.39 is 11.9 Å². The number of aromatic nitrogens is 1. The minimum absolute atomic E-state index is 0.221. The van der Waals surface area contributed by atoms with Gasteiger partial charge in [0.15, 0.2) is 10.3 Å². The van der Waals surface area contributed by atoms with Crippen molar-refractivity contribution in [3.05, 3.63) is 51.4 Å². The number of carbonyl (C=O) groups is 2. The molecule has 1 fully saturated rings. The molecule has 10 heteroatoms. The van der Waals surface area contributed by atoms with Crippen molar-refractivity contribution >= 4 is 56.7 Å². The zero-order valence-electron chi connectivity index (χ0n) is 17.0. The van der Waals surface area contributed by atoms with Crippen LogP contribution in [0.3, 0.4) is 0 Å². The van der Waals surface area contributed by atoms with Crippen LogP contribution in [0.5, 0.6) is 0 Å². The van der Waals surface area contributed by atoms with Crippen LogP contribution in [0, 0.1) is 13.8 Å². The van der Waals surface area contributed by atoms with E-state index in [1.807, 2.05) is 45.0 Å². The number of anilines is 2. The van der Waals surface area contributed by atoms with Crippen LogP contribution in [0.25, 0.3) is 0 Å². The molecule has 2 N–H and O–H groups in total. The Morgan fingerprint density at radius 1 is 1.30 bits per heavy atom. The van der Waals surface area contributed by atoms with Gasteiger partial charge >= 0.3 is 5.97 Å². The van der Waals surface area contributed by atoms with E-state index in [0.717, 1.165) is 39.2 Å². The predicted octanol–water partition coefficient (Wildman–Crippen LogP) is 3.89. The van der Waals surface area contributed by atoms with Gasteiger partial charge < -0.3 is 10.1 Å². The Labute approximate surface area is 182 Å². The summed E-state index contributed by atoms with van der Waals surface area (Å²) in [6.45, 7) is 7.72. The Balaban J connectivity index is 1.71. The number of thioether (sulfide) groups is 1. The van der Waals surface area contributed by atoms with Gasteiger partial charge in [-0.1, -0.05) is 29.0 Å². The molecule has 1 aliphatic heterocycles. The summed E-state index contributed by atoms with van der Waals surface area (Å²) in [7, 11) is 0. The highest BCUT2D eigenvalue weighted by molar-refractivity contribution is 8.18. The highest BCUT2D eigenvalue weighted by atomic mass is 32.2. The molecule has 0 aliphatic carbocycles. The van der Waals surface area contributed by atoms with Crippen LogP contribution in [0.1, 0.15) is 30.0 Å². The minimum atomic E-state index is -0.565. The smallest absolute Gasteiger partial charge is 0.332 e. The second-order valence-corrected chi connectivity index (χ2v) is 8.36. The molecular formula is C20H21N5O3S2. The molecule has 0 radical (unpaired) electrons. The lowest BCUT2D eigenvalue weighted by Crippen LogP contribution is -2.19. The summed E-state index contributed by atoms with van der Waals surface area (Å²) in [5.41, 5.74) is 3.66. The molecule has 0 spiro atoms. The van der Waals surface area contributed by atoms with Gasteiger partial charge in [0.2, 0.25) is 0 Å². The summed E-state index contributed by atoms with van der Waals surface area (Å²) in [5, 5.41) is 15.3. The van der Waals surface area contributed by atoms with Crippen LogP contribution < -0.4 is 10.6 Å². The fourth-order valence-electron chi connectivity index (χ4n) is 2.48. The largest absolute Gasteiger partial charge is 0.463 e. The topological polar surface area (TPSA) is 105 Å². The van der Waals surface area contributed by atoms with Crippen LogP contribution in [-0.4, -0.2) is 34.3 Å². The molecule has 30 heavy (non-hydrogen) atoms. The number of aryl methyl sites for hydroxylation is 2. The number of hydrogen-bond acceptors (Lipinski definition) is 9. The number of esters is 1. The number of amidine groups is 1. The van der Waals surface area contributed by atoms with E-state index >= 15 is 0 Å². The van der Waals surface area contributed by atoms with E-state index in [9.17, 15) is 9.59 Å². The van der Waals surface area contributed by atoms with Gasteiger partial charge in [0.25, 0.3) is 5.91 Å². The molecule has 0 atom stereocenters. The molecule has 2 heterocycles. The Hall–Kier alpha value is -2.98. The predicted molar refractivity (Wildman–Crippen MR) is 121 cm³/mol. The lowest BCUT2D eigenvalue weighted by molar-refractivity contribution is -0.137. The normalized spacial score (nSPS) is 16.8. The van der Waals surface area contributed by atoms with Crippen LogP contribution in [0.15, 0.2) is 45.4 Å². The van der Waals surface area contributed by atoms with Crippen molar-refractivity contribution < 1.29 is 14.3 Å². The summed E-state index contributed by atoms with van der Waals surface area (Å²) in [6.07, 6.45) is 1.15. The van der Waals surface area contributed by atoms with E-state index in [4.69, 9.17) is 4.74 Å². The first-order valence-corrected chi connectivity index (χ1v) is 10.8. The van der Waals surface area contributed by atoms with Gasteiger partial charge in [-0.15, -0.1) is 5.10 Å². The number of amides is 1. The van der Waals surface area contributed by atoms with Crippen molar-refractivity contribution in [3.8, 4) is 0 Å². The van der Waals surface area contributed by atoms with Crippen molar-refractivity contribution in [2.24, 2.45) is 10.2 Å². The number of nitrogens with one attached hydrogen (secondary N) is 2. The Bertz CT molecular complexity index is 1050. The number of benzene rings is 1. The number of rotatable bonds is 6. The standard InChI is InChI=1S/C20H21N5O3S2/c1-5-28-16(26)10-15-18(27)23-20(29-15)25-24-13(4)17-12(3)21-19(30-17)22-14-8-6-11(2)7-9-14/h6-10H,5H2,1-4H3,(H,21,22)(H,23,25,27)/b15-10+,24-13+. The van der Waals surface area contributed by atoms with Gasteiger partial charge in [-0.05, 0) is 51.6 Å². The van der Waals surface area contributed by atoms with Gasteiger partial charge in [0.1, 0.15) is 0 Å². The Kier molecular flexibility index (Phi) is 7.01. The Morgan fingerprint density at radius 2 is 2.03 bits per heavy atom. The molecule has 3 rings (SSSR count). The van der Waals surface area contributed by atoms with E-state index in [1.165, 1.54) is 16.9 Å². The first-order chi connectivity index (χ1) is 14.4. The molecule has 1 amide bonds. The monoisotopic (exact) mass is 443 g/mol. The maximum Gasteiger partial charge on any atom is 0.332 e. The quantitative estimate of drug-likeness (QED) is 0.304. The highest BCUT2D eigenvalue weighted by Gasteiger charge is 2.25. The van der Waals surface area contributed by atoms with Crippen molar-refractivity contribution in [3.63, 3.8) is 0 Å². The molecule has 1 aromatic heterocycles. The van der Waals surface area contributed by atoms with Gasteiger partial charge in [-0.25, -0.2) is 9.78 Å². The zero-order chi connectivity index (χ0) is 21.7. The number of thiazole rings is 1. The third-order valence-electron chi connectivity index (χ3n) is 3.91. The molecule has 156 valence electrons. The molecule has 1 saturated heterocycles. The fraction of sp³-hybridized carbons (Fsp3) is 0.250. The van der Waals surface area contributed by atoms with Crippen molar-refractivity contribution in [2.45, 2.75) is 27.7 Å². The van der Waals surface area contributed by atoms with Crippen molar-refractivity contribution in [2.75, 3.05) is 11.9 Å². The van der Waals surface area contributed by atoms with Gasteiger partial charge in [0.05, 0.1) is 27.8 Å². The second-order valence-electron chi connectivity index (χ2n) is 6.33. The number of nitrogens with zero attached hydrogens (tertiary/aromatic N) is 3. The summed E-state index contributed by atoms with van der Waals surface area (Å²) < 4.78 is 4.82. The molecule has 1 aliphatic rings. The van der Waals surface area contributed by atoms with Crippen molar-refractivity contribution in [1.82, 2.24) is 10.3 Å². The first kappa shape index (κ1) is 21.7. The third-order valence-corrected chi connectivity index (χ3v) is 5.99.